The first-order valence-corrected chi connectivity index (χ1v) is 9.44. The van der Waals surface area contributed by atoms with Gasteiger partial charge in [0, 0.05) is 35.9 Å². The summed E-state index contributed by atoms with van der Waals surface area (Å²) in [5.41, 5.74) is 2.56. The summed E-state index contributed by atoms with van der Waals surface area (Å²) in [7, 11) is 0. The molecule has 5 heteroatoms. The van der Waals surface area contributed by atoms with Crippen LogP contribution in [0.15, 0.2) is 43.0 Å². The van der Waals surface area contributed by atoms with E-state index in [0.717, 1.165) is 37.8 Å². The van der Waals surface area contributed by atoms with E-state index in [2.05, 4.69) is 104 Å². The van der Waals surface area contributed by atoms with Crippen LogP contribution in [0.2, 0.25) is 0 Å². The highest BCUT2D eigenvalue weighted by molar-refractivity contribution is 5.13. The molecule has 3 rings (SSSR count). The average Bonchev–Trinajstić information content (AvgIpc) is 3.16. The molecule has 1 aromatic rings. The molecule has 3 heterocycles. The maximum absolute atomic E-state index is 4.89. The molecule has 142 valence electrons. The number of aromatic nitrogens is 1. The molecule has 0 N–H and O–H groups in total. The number of pyridine rings is 1. The highest BCUT2D eigenvalue weighted by Gasteiger charge is 2.24. The summed E-state index contributed by atoms with van der Waals surface area (Å²) in [5.74, 6) is 0. The summed E-state index contributed by atoms with van der Waals surface area (Å²) in [6, 6.07) is 6.37. The first kappa shape index (κ1) is 18.6. The van der Waals surface area contributed by atoms with Gasteiger partial charge in [-0.05, 0) is 53.7 Å². The van der Waals surface area contributed by atoms with E-state index in [0.29, 0.717) is 0 Å². The summed E-state index contributed by atoms with van der Waals surface area (Å²) < 4.78 is 0. The van der Waals surface area contributed by atoms with Crippen molar-refractivity contribution in [2.75, 3.05) is 13.3 Å². The maximum atomic E-state index is 4.89. The van der Waals surface area contributed by atoms with Crippen molar-refractivity contribution in [3.8, 4) is 0 Å². The van der Waals surface area contributed by atoms with Gasteiger partial charge < -0.3 is 19.6 Å². The number of hydrogen-bond donors (Lipinski definition) is 0. The van der Waals surface area contributed by atoms with Gasteiger partial charge in [0.1, 0.15) is 0 Å². The zero-order valence-corrected chi connectivity index (χ0v) is 17.1. The van der Waals surface area contributed by atoms with Crippen LogP contribution < -0.4 is 0 Å². The molecule has 0 radical (unpaired) electrons. The van der Waals surface area contributed by atoms with Crippen LogP contribution in [-0.2, 0) is 13.1 Å². The highest BCUT2D eigenvalue weighted by Crippen LogP contribution is 2.22. The van der Waals surface area contributed by atoms with E-state index in [1.807, 2.05) is 0 Å². The molecule has 2 aliphatic heterocycles. The smallest absolute Gasteiger partial charge is 0.0902 e. The third-order valence-corrected chi connectivity index (χ3v) is 4.90. The lowest BCUT2D eigenvalue weighted by atomic mass is 10.1. The Morgan fingerprint density at radius 2 is 1.15 bits per heavy atom. The minimum absolute atomic E-state index is 0.154. The van der Waals surface area contributed by atoms with Crippen molar-refractivity contribution in [3.63, 3.8) is 0 Å². The van der Waals surface area contributed by atoms with Crippen LogP contribution in [0.4, 0.5) is 0 Å². The molecular weight excluding hydrogens is 322 g/mol. The molecule has 0 unspecified atom stereocenters. The van der Waals surface area contributed by atoms with Gasteiger partial charge in [-0.25, -0.2) is 0 Å². The van der Waals surface area contributed by atoms with E-state index < -0.39 is 0 Å². The number of nitrogens with zero attached hydrogens (tertiary/aromatic N) is 5. The highest BCUT2D eigenvalue weighted by atomic mass is 15.4. The second kappa shape index (κ2) is 6.86. The van der Waals surface area contributed by atoms with Crippen LogP contribution in [0.1, 0.15) is 52.9 Å². The number of rotatable bonds is 4. The SMILES string of the molecule is CC(C)(C)N1C=CN(Cc2cccc(CN3C=CN(C(C)(C)C)C3)n2)C1. The van der Waals surface area contributed by atoms with Gasteiger partial charge in [0.05, 0.1) is 37.8 Å². The fraction of sp³-hybridized carbons (Fsp3) is 0.571. The Kier molecular flexibility index (Phi) is 4.91. The zero-order chi connectivity index (χ0) is 18.9. The molecule has 0 amide bonds. The van der Waals surface area contributed by atoms with Crippen molar-refractivity contribution < 1.29 is 0 Å². The van der Waals surface area contributed by atoms with Crippen LogP contribution in [-0.4, -0.2) is 49.0 Å². The lowest BCUT2D eigenvalue weighted by Gasteiger charge is -2.33. The van der Waals surface area contributed by atoms with Crippen LogP contribution in [0.25, 0.3) is 0 Å². The van der Waals surface area contributed by atoms with Crippen LogP contribution in [0.5, 0.6) is 0 Å². The fourth-order valence-electron chi connectivity index (χ4n) is 3.13. The Bertz CT molecular complexity index is 625. The lowest BCUT2D eigenvalue weighted by Crippen LogP contribution is -2.39. The monoisotopic (exact) mass is 355 g/mol. The van der Waals surface area contributed by atoms with Crippen LogP contribution in [0.3, 0.4) is 0 Å². The predicted octanol–water partition coefficient (Wildman–Crippen LogP) is 3.77. The van der Waals surface area contributed by atoms with Crippen molar-refractivity contribution in [1.29, 1.82) is 0 Å². The summed E-state index contributed by atoms with van der Waals surface area (Å²) in [6.45, 7) is 17.0. The molecule has 0 bridgehead atoms. The Balaban J connectivity index is 1.57. The Morgan fingerprint density at radius 1 is 0.731 bits per heavy atom. The van der Waals surface area contributed by atoms with Gasteiger partial charge in [-0.1, -0.05) is 6.07 Å². The average molecular weight is 356 g/mol. The van der Waals surface area contributed by atoms with Crippen molar-refractivity contribution in [2.24, 2.45) is 0 Å². The van der Waals surface area contributed by atoms with Gasteiger partial charge >= 0.3 is 0 Å². The first-order chi connectivity index (χ1) is 12.1. The summed E-state index contributed by atoms with van der Waals surface area (Å²) in [4.78, 5) is 14.2. The summed E-state index contributed by atoms with van der Waals surface area (Å²) >= 11 is 0. The third kappa shape index (κ3) is 4.51. The van der Waals surface area contributed by atoms with E-state index in [1.54, 1.807) is 0 Å². The standard InChI is InChI=1S/C21H33N5/c1-20(2,3)25-12-10-23(16-25)14-18-8-7-9-19(22-18)15-24-11-13-26(17-24)21(4,5)6/h7-13H,14-17H2,1-6H3. The van der Waals surface area contributed by atoms with E-state index in [4.69, 9.17) is 4.98 Å². The molecular formula is C21H33N5. The second-order valence-corrected chi connectivity index (χ2v) is 9.27. The summed E-state index contributed by atoms with van der Waals surface area (Å²) in [5, 5.41) is 0. The number of hydrogen-bond acceptors (Lipinski definition) is 5. The van der Waals surface area contributed by atoms with Gasteiger partial charge in [0.2, 0.25) is 0 Å². The van der Waals surface area contributed by atoms with Crippen molar-refractivity contribution in [3.05, 3.63) is 54.4 Å². The molecule has 0 atom stereocenters. The summed E-state index contributed by atoms with van der Waals surface area (Å²) in [6.07, 6.45) is 8.70. The third-order valence-electron chi connectivity index (χ3n) is 4.90. The minimum atomic E-state index is 0.154. The lowest BCUT2D eigenvalue weighted by molar-refractivity contribution is 0.156. The molecule has 0 saturated carbocycles. The van der Waals surface area contributed by atoms with Gasteiger partial charge in [-0.3, -0.25) is 4.98 Å². The quantitative estimate of drug-likeness (QED) is 0.819. The van der Waals surface area contributed by atoms with Crippen LogP contribution in [0, 0.1) is 0 Å². The first-order valence-electron chi connectivity index (χ1n) is 9.44. The second-order valence-electron chi connectivity index (χ2n) is 9.27. The van der Waals surface area contributed by atoms with Crippen molar-refractivity contribution >= 4 is 0 Å². The van der Waals surface area contributed by atoms with Crippen molar-refractivity contribution in [1.82, 2.24) is 24.6 Å². The van der Waals surface area contributed by atoms with E-state index >= 15 is 0 Å². The zero-order valence-electron chi connectivity index (χ0n) is 17.1. The molecule has 0 saturated heterocycles. The Hall–Kier alpha value is -2.17. The normalized spacial score (nSPS) is 17.8. The van der Waals surface area contributed by atoms with Crippen molar-refractivity contribution in [2.45, 2.75) is 65.7 Å². The molecule has 26 heavy (non-hydrogen) atoms. The van der Waals surface area contributed by atoms with Gasteiger partial charge in [-0.2, -0.15) is 0 Å². The van der Waals surface area contributed by atoms with E-state index in [9.17, 15) is 0 Å². The maximum Gasteiger partial charge on any atom is 0.0902 e. The topological polar surface area (TPSA) is 25.9 Å². The van der Waals surface area contributed by atoms with Gasteiger partial charge in [0.15, 0.2) is 0 Å². The minimum Gasteiger partial charge on any atom is -0.354 e. The van der Waals surface area contributed by atoms with Gasteiger partial charge in [0.25, 0.3) is 0 Å². The molecule has 1 aromatic heterocycles. The van der Waals surface area contributed by atoms with Gasteiger partial charge in [-0.15, -0.1) is 0 Å². The van der Waals surface area contributed by atoms with E-state index in [1.165, 1.54) is 0 Å². The molecule has 0 fully saturated rings. The van der Waals surface area contributed by atoms with E-state index in [-0.39, 0.29) is 11.1 Å². The molecule has 0 aliphatic carbocycles. The molecule has 5 nitrogen and oxygen atoms in total. The Morgan fingerprint density at radius 3 is 1.50 bits per heavy atom. The fourth-order valence-corrected chi connectivity index (χ4v) is 3.13. The predicted molar refractivity (Wildman–Crippen MR) is 107 cm³/mol. The molecule has 2 aliphatic rings. The molecule has 0 spiro atoms. The Labute approximate surface area is 158 Å². The van der Waals surface area contributed by atoms with Crippen LogP contribution >= 0.6 is 0 Å². The largest absolute Gasteiger partial charge is 0.354 e. The molecule has 0 aromatic carbocycles.